The van der Waals surface area contributed by atoms with Crippen LogP contribution in [0.25, 0.3) is 0 Å². The van der Waals surface area contributed by atoms with Crippen molar-refractivity contribution in [3.05, 3.63) is 29.3 Å². The van der Waals surface area contributed by atoms with Gasteiger partial charge in [0, 0.05) is 18.1 Å². The molecule has 120 valence electrons. The first-order valence-corrected chi connectivity index (χ1v) is 7.29. The van der Waals surface area contributed by atoms with E-state index >= 15 is 0 Å². The van der Waals surface area contributed by atoms with Crippen LogP contribution in [0.5, 0.6) is 5.75 Å². The Kier molecular flexibility index (Phi) is 5.38. The highest BCUT2D eigenvalue weighted by molar-refractivity contribution is 5.97. The summed E-state index contributed by atoms with van der Waals surface area (Å²) in [5, 5.41) is 12.0. The van der Waals surface area contributed by atoms with Crippen LogP contribution in [0.4, 0.5) is 0 Å². The Morgan fingerprint density at radius 2 is 2.23 bits per heavy atom. The predicted molar refractivity (Wildman–Crippen MR) is 80.2 cm³/mol. The lowest BCUT2D eigenvalue weighted by Gasteiger charge is -2.28. The zero-order chi connectivity index (χ0) is 16.1. The lowest BCUT2D eigenvalue weighted by Crippen LogP contribution is -2.48. The van der Waals surface area contributed by atoms with E-state index in [0.29, 0.717) is 24.5 Å². The number of carboxylic acids is 1. The molecule has 0 radical (unpaired) electrons. The molecule has 6 nitrogen and oxygen atoms in total. The van der Waals surface area contributed by atoms with Crippen LogP contribution in [0.3, 0.4) is 0 Å². The van der Waals surface area contributed by atoms with Crippen LogP contribution in [0.1, 0.15) is 28.8 Å². The van der Waals surface area contributed by atoms with Crippen LogP contribution >= 0.6 is 0 Å². The normalized spacial score (nSPS) is 19.3. The molecule has 0 aliphatic carbocycles. The molecule has 1 fully saturated rings. The quantitative estimate of drug-likeness (QED) is 0.863. The summed E-state index contributed by atoms with van der Waals surface area (Å²) in [5.74, 6) is -1.07. The van der Waals surface area contributed by atoms with E-state index < -0.39 is 17.9 Å². The molecule has 6 heteroatoms. The number of carbonyl (C=O) groups is 2. The number of ether oxygens (including phenoxy) is 2. The van der Waals surface area contributed by atoms with Crippen molar-refractivity contribution in [2.75, 3.05) is 20.3 Å². The summed E-state index contributed by atoms with van der Waals surface area (Å²) in [6, 6.07) is 4.09. The Hall–Kier alpha value is -2.08. The van der Waals surface area contributed by atoms with Gasteiger partial charge in [-0.2, -0.15) is 0 Å². The summed E-state index contributed by atoms with van der Waals surface area (Å²) < 4.78 is 10.5. The van der Waals surface area contributed by atoms with Gasteiger partial charge in [0.1, 0.15) is 11.8 Å². The van der Waals surface area contributed by atoms with Crippen molar-refractivity contribution >= 4 is 11.9 Å². The highest BCUT2D eigenvalue weighted by Gasteiger charge is 2.31. The largest absolute Gasteiger partial charge is 0.496 e. The average Bonchev–Trinajstić information content (AvgIpc) is 2.53. The van der Waals surface area contributed by atoms with Crippen LogP contribution in [0, 0.1) is 12.8 Å². The monoisotopic (exact) mass is 307 g/mol. The number of aryl methyl sites for hydroxylation is 1. The van der Waals surface area contributed by atoms with Crippen LogP contribution < -0.4 is 10.1 Å². The van der Waals surface area contributed by atoms with Crippen molar-refractivity contribution in [1.29, 1.82) is 0 Å². The molecule has 1 aliphatic heterocycles. The van der Waals surface area contributed by atoms with Gasteiger partial charge >= 0.3 is 5.97 Å². The van der Waals surface area contributed by atoms with Crippen molar-refractivity contribution < 1.29 is 24.2 Å². The van der Waals surface area contributed by atoms with Gasteiger partial charge in [0.05, 0.1) is 13.7 Å². The Morgan fingerprint density at radius 1 is 1.45 bits per heavy atom. The van der Waals surface area contributed by atoms with E-state index in [1.807, 2.05) is 6.92 Å². The molecule has 22 heavy (non-hydrogen) atoms. The molecule has 1 heterocycles. The van der Waals surface area contributed by atoms with E-state index in [9.17, 15) is 14.7 Å². The highest BCUT2D eigenvalue weighted by Crippen LogP contribution is 2.21. The van der Waals surface area contributed by atoms with Gasteiger partial charge in [0.25, 0.3) is 5.91 Å². The molecule has 1 amide bonds. The Balaban J connectivity index is 2.12. The summed E-state index contributed by atoms with van der Waals surface area (Å²) in [7, 11) is 1.53. The smallest absolute Gasteiger partial charge is 0.326 e. The summed E-state index contributed by atoms with van der Waals surface area (Å²) in [4.78, 5) is 23.8. The minimum Gasteiger partial charge on any atom is -0.496 e. The van der Waals surface area contributed by atoms with E-state index in [0.717, 1.165) is 18.4 Å². The third-order valence-corrected chi connectivity index (χ3v) is 3.89. The number of hydrogen-bond acceptors (Lipinski definition) is 4. The molecule has 2 rings (SSSR count). The van der Waals surface area contributed by atoms with Crippen LogP contribution in [0.15, 0.2) is 18.2 Å². The second-order valence-electron chi connectivity index (χ2n) is 5.45. The van der Waals surface area contributed by atoms with Gasteiger partial charge in [-0.05, 0) is 37.5 Å². The van der Waals surface area contributed by atoms with Gasteiger partial charge in [-0.1, -0.05) is 6.07 Å². The van der Waals surface area contributed by atoms with Gasteiger partial charge < -0.3 is 19.9 Å². The molecule has 0 saturated carbocycles. The van der Waals surface area contributed by atoms with E-state index in [-0.39, 0.29) is 5.92 Å². The molecule has 1 saturated heterocycles. The molecule has 2 atom stereocenters. The van der Waals surface area contributed by atoms with Gasteiger partial charge in [0.2, 0.25) is 0 Å². The fraction of sp³-hybridized carbons (Fsp3) is 0.500. The van der Waals surface area contributed by atoms with Crippen LogP contribution in [-0.2, 0) is 9.53 Å². The Bertz CT molecular complexity index is 551. The van der Waals surface area contributed by atoms with Crippen molar-refractivity contribution in [3.8, 4) is 5.75 Å². The number of carbonyl (C=O) groups excluding carboxylic acids is 1. The Morgan fingerprint density at radius 3 is 2.82 bits per heavy atom. The molecule has 2 unspecified atom stereocenters. The summed E-state index contributed by atoms with van der Waals surface area (Å²) >= 11 is 0. The van der Waals surface area contributed by atoms with Crippen LogP contribution in [0.2, 0.25) is 0 Å². The second kappa shape index (κ2) is 7.26. The maximum absolute atomic E-state index is 12.3. The van der Waals surface area contributed by atoms with Gasteiger partial charge in [-0.3, -0.25) is 4.79 Å². The topological polar surface area (TPSA) is 84.9 Å². The van der Waals surface area contributed by atoms with E-state index in [1.165, 1.54) is 7.11 Å². The molecule has 1 aromatic rings. The third-order valence-electron chi connectivity index (χ3n) is 3.89. The zero-order valence-electron chi connectivity index (χ0n) is 12.8. The first-order valence-electron chi connectivity index (χ1n) is 7.29. The molecular formula is C16H21NO5. The van der Waals surface area contributed by atoms with Crippen molar-refractivity contribution in [2.45, 2.75) is 25.8 Å². The number of aliphatic carboxylic acids is 1. The maximum Gasteiger partial charge on any atom is 0.326 e. The summed E-state index contributed by atoms with van der Waals surface area (Å²) in [5.41, 5.74) is 1.29. The molecule has 0 bridgehead atoms. The number of amides is 1. The number of benzene rings is 1. The van der Waals surface area contributed by atoms with Crippen LogP contribution in [-0.4, -0.2) is 43.3 Å². The summed E-state index contributed by atoms with van der Waals surface area (Å²) in [6.07, 6.45) is 1.54. The van der Waals surface area contributed by atoms with E-state index in [2.05, 4.69) is 5.32 Å². The SMILES string of the molecule is COc1cc(C(=O)NC(C(=O)O)C2CCCOC2)ccc1C. The van der Waals surface area contributed by atoms with Gasteiger partial charge in [-0.25, -0.2) is 4.79 Å². The fourth-order valence-corrected chi connectivity index (χ4v) is 2.60. The van der Waals surface area contributed by atoms with Crippen molar-refractivity contribution in [3.63, 3.8) is 0 Å². The lowest BCUT2D eigenvalue weighted by atomic mass is 9.93. The number of rotatable bonds is 5. The second-order valence-corrected chi connectivity index (χ2v) is 5.45. The minimum atomic E-state index is -1.04. The highest BCUT2D eigenvalue weighted by atomic mass is 16.5. The van der Waals surface area contributed by atoms with Gasteiger partial charge in [-0.15, -0.1) is 0 Å². The fourth-order valence-electron chi connectivity index (χ4n) is 2.60. The molecule has 2 N–H and O–H groups in total. The van der Waals surface area contributed by atoms with E-state index in [1.54, 1.807) is 18.2 Å². The van der Waals surface area contributed by atoms with Crippen molar-refractivity contribution in [2.24, 2.45) is 5.92 Å². The predicted octanol–water partition coefficient (Wildman–Crippen LogP) is 1.61. The Labute approximate surface area is 129 Å². The molecule has 0 spiro atoms. The first kappa shape index (κ1) is 16.3. The van der Waals surface area contributed by atoms with Gasteiger partial charge in [0.15, 0.2) is 0 Å². The van der Waals surface area contributed by atoms with E-state index in [4.69, 9.17) is 9.47 Å². The molecule has 1 aromatic carbocycles. The number of methoxy groups -OCH3 is 1. The number of carboxylic acid groups (broad SMARTS) is 1. The minimum absolute atomic E-state index is 0.206. The third kappa shape index (κ3) is 3.76. The average molecular weight is 307 g/mol. The standard InChI is InChI=1S/C16H21NO5/c1-10-5-6-11(8-13(10)21-2)15(18)17-14(16(19)20)12-4-3-7-22-9-12/h5-6,8,12,14H,3-4,7,9H2,1-2H3,(H,17,18)(H,19,20). The number of nitrogens with one attached hydrogen (secondary N) is 1. The molecular weight excluding hydrogens is 286 g/mol. The number of hydrogen-bond donors (Lipinski definition) is 2. The van der Waals surface area contributed by atoms with Crippen molar-refractivity contribution in [1.82, 2.24) is 5.32 Å². The lowest BCUT2D eigenvalue weighted by molar-refractivity contribution is -0.142. The maximum atomic E-state index is 12.3. The zero-order valence-corrected chi connectivity index (χ0v) is 12.8. The molecule has 0 aromatic heterocycles. The first-order chi connectivity index (χ1) is 10.5. The summed E-state index contributed by atoms with van der Waals surface area (Å²) in [6.45, 7) is 2.88. The molecule has 1 aliphatic rings.